The van der Waals surface area contributed by atoms with Crippen molar-refractivity contribution in [1.82, 2.24) is 35.6 Å². The van der Waals surface area contributed by atoms with Gasteiger partial charge in [0, 0.05) is 64.5 Å². The predicted octanol–water partition coefficient (Wildman–Crippen LogP) is -4.98. The third-order valence-corrected chi connectivity index (χ3v) is 7.76. The topological polar surface area (TPSA) is 302 Å². The minimum atomic E-state index is -1.50. The van der Waals surface area contributed by atoms with Gasteiger partial charge in [0.25, 0.3) is 0 Å². The van der Waals surface area contributed by atoms with Crippen LogP contribution in [-0.2, 0) is 35.3 Å². The lowest BCUT2D eigenvalue weighted by Crippen LogP contribution is -2.57. The number of rotatable bonds is 17. The Morgan fingerprint density at radius 3 is 1.38 bits per heavy atom. The standard InChI is InChI=1S/C30H47N9O11/c31-28(32)21-3-1-20(2-4-21)13-33-29(49)22(18-40)35-30(50)23(19-41)34-24(42)14-36-5-7-37(15-25(43)44)9-11-39(17-27(47)48)12-10-38(8-6-36)16-26(45)46/h1-4,22-23,40-41H,5-19H2,(H3,31,32)(H,33,49)(H,34,42)(H,35,50)(H,43,44)(H,45,46)(H,47,48)/t22-,23+/m0/s1. The molecule has 0 aromatic heterocycles. The van der Waals surface area contributed by atoms with Crippen molar-refractivity contribution in [1.29, 1.82) is 5.41 Å². The number of carbonyl (C=O) groups excluding carboxylic acids is 3. The maximum Gasteiger partial charge on any atom is 0.317 e. The van der Waals surface area contributed by atoms with Gasteiger partial charge in [0.2, 0.25) is 17.7 Å². The Morgan fingerprint density at radius 2 is 1.02 bits per heavy atom. The molecule has 0 bridgehead atoms. The summed E-state index contributed by atoms with van der Waals surface area (Å²) in [6, 6.07) is 3.57. The molecule has 50 heavy (non-hydrogen) atoms. The first kappa shape index (κ1) is 41.4. The van der Waals surface area contributed by atoms with Gasteiger partial charge in [-0.05, 0) is 5.56 Å². The van der Waals surface area contributed by atoms with Gasteiger partial charge in [0.15, 0.2) is 0 Å². The monoisotopic (exact) mass is 709 g/mol. The van der Waals surface area contributed by atoms with E-state index in [-0.39, 0.29) is 90.9 Å². The van der Waals surface area contributed by atoms with E-state index in [0.717, 1.165) is 0 Å². The molecule has 20 nitrogen and oxygen atoms in total. The zero-order valence-electron chi connectivity index (χ0n) is 27.6. The molecule has 11 N–H and O–H groups in total. The number of carboxylic acid groups (broad SMARTS) is 3. The third-order valence-electron chi connectivity index (χ3n) is 7.76. The quantitative estimate of drug-likeness (QED) is 0.0535. The fourth-order valence-electron chi connectivity index (χ4n) is 5.00. The molecule has 0 radical (unpaired) electrons. The smallest absolute Gasteiger partial charge is 0.317 e. The summed E-state index contributed by atoms with van der Waals surface area (Å²) in [5, 5.41) is 62.4. The molecule has 1 aliphatic rings. The predicted molar refractivity (Wildman–Crippen MR) is 176 cm³/mol. The van der Waals surface area contributed by atoms with E-state index >= 15 is 0 Å². The molecule has 3 amide bonds. The molecule has 0 unspecified atom stereocenters. The van der Waals surface area contributed by atoms with Crippen molar-refractivity contribution in [3.63, 3.8) is 0 Å². The second-order valence-electron chi connectivity index (χ2n) is 11.7. The van der Waals surface area contributed by atoms with E-state index in [4.69, 9.17) is 11.1 Å². The van der Waals surface area contributed by atoms with Crippen molar-refractivity contribution in [2.75, 3.05) is 91.8 Å². The van der Waals surface area contributed by atoms with E-state index in [0.29, 0.717) is 11.1 Å². The molecule has 20 heteroatoms. The molecule has 1 aromatic carbocycles. The number of hydrogen-bond acceptors (Lipinski definition) is 13. The lowest BCUT2D eigenvalue weighted by atomic mass is 10.1. The summed E-state index contributed by atoms with van der Waals surface area (Å²) in [5.41, 5.74) is 6.58. The summed E-state index contributed by atoms with van der Waals surface area (Å²) in [4.78, 5) is 79.4. The van der Waals surface area contributed by atoms with E-state index in [1.807, 2.05) is 0 Å². The second-order valence-corrected chi connectivity index (χ2v) is 11.7. The number of aliphatic carboxylic acids is 3. The lowest BCUT2D eigenvalue weighted by molar-refractivity contribution is -0.140. The Hall–Kier alpha value is -4.73. The molecule has 0 saturated carbocycles. The SMILES string of the molecule is N=C(N)c1ccc(CNC(=O)[C@H](CO)NC(=O)[C@@H](CO)NC(=O)CN2CCN(CC(=O)O)CCN(CC(=O)O)CCN(CC(=O)O)CC2)cc1. The molecular formula is C30H47N9O11. The van der Waals surface area contributed by atoms with Crippen LogP contribution >= 0.6 is 0 Å². The minimum Gasteiger partial charge on any atom is -0.480 e. The summed E-state index contributed by atoms with van der Waals surface area (Å²) in [6.07, 6.45) is 0. The van der Waals surface area contributed by atoms with Crippen LogP contribution in [0.1, 0.15) is 11.1 Å². The number of hydrogen-bond donors (Lipinski definition) is 10. The van der Waals surface area contributed by atoms with Crippen LogP contribution in [0.2, 0.25) is 0 Å². The van der Waals surface area contributed by atoms with Crippen LogP contribution in [0.5, 0.6) is 0 Å². The van der Waals surface area contributed by atoms with Crippen molar-refractivity contribution < 1.29 is 54.3 Å². The van der Waals surface area contributed by atoms with Crippen LogP contribution in [0.25, 0.3) is 0 Å². The fraction of sp³-hybridized carbons (Fsp3) is 0.567. The van der Waals surface area contributed by atoms with Crippen LogP contribution in [0.15, 0.2) is 24.3 Å². The van der Waals surface area contributed by atoms with Gasteiger partial charge in [-0.1, -0.05) is 24.3 Å². The summed E-state index contributed by atoms with van der Waals surface area (Å²) >= 11 is 0. The van der Waals surface area contributed by atoms with Crippen molar-refractivity contribution in [2.24, 2.45) is 5.73 Å². The molecule has 278 valence electrons. The molecule has 2 rings (SSSR count). The highest BCUT2D eigenvalue weighted by Crippen LogP contribution is 2.05. The Balaban J connectivity index is 2.05. The summed E-state index contributed by atoms with van der Waals surface area (Å²) in [7, 11) is 0. The van der Waals surface area contributed by atoms with Crippen molar-refractivity contribution in [3.05, 3.63) is 35.4 Å². The number of nitrogen functional groups attached to an aromatic ring is 1. The van der Waals surface area contributed by atoms with Gasteiger partial charge in [-0.3, -0.25) is 53.8 Å². The molecule has 1 saturated heterocycles. The number of benzene rings is 1. The average Bonchev–Trinajstić information content (AvgIpc) is 3.05. The highest BCUT2D eigenvalue weighted by molar-refractivity contribution is 5.95. The van der Waals surface area contributed by atoms with Gasteiger partial charge < -0.3 is 47.2 Å². The molecule has 1 heterocycles. The number of carbonyl (C=O) groups is 6. The minimum absolute atomic E-state index is 0.0355. The van der Waals surface area contributed by atoms with E-state index in [1.165, 1.54) is 0 Å². The zero-order valence-corrected chi connectivity index (χ0v) is 27.6. The molecular weight excluding hydrogens is 662 g/mol. The lowest BCUT2D eigenvalue weighted by Gasteiger charge is -2.33. The normalized spacial score (nSPS) is 16.9. The van der Waals surface area contributed by atoms with E-state index in [2.05, 4.69) is 16.0 Å². The first-order chi connectivity index (χ1) is 23.7. The highest BCUT2D eigenvalue weighted by Gasteiger charge is 2.27. The first-order valence-electron chi connectivity index (χ1n) is 15.8. The number of nitrogens with two attached hydrogens (primary N) is 1. The third kappa shape index (κ3) is 15.7. The summed E-state index contributed by atoms with van der Waals surface area (Å²) in [5.74, 6) is -5.79. The molecule has 1 aromatic rings. The number of nitrogens with one attached hydrogen (secondary N) is 4. The van der Waals surface area contributed by atoms with Crippen molar-refractivity contribution in [2.45, 2.75) is 18.6 Å². The number of amides is 3. The maximum absolute atomic E-state index is 13.1. The summed E-state index contributed by atoms with van der Waals surface area (Å²) in [6.45, 7) is -1.48. The second kappa shape index (κ2) is 21.4. The highest BCUT2D eigenvalue weighted by atomic mass is 16.4. The number of amidine groups is 1. The van der Waals surface area contributed by atoms with Gasteiger partial charge in [-0.2, -0.15) is 0 Å². The Kier molecular flexibility index (Phi) is 17.7. The van der Waals surface area contributed by atoms with E-state index < -0.39 is 60.9 Å². The largest absolute Gasteiger partial charge is 0.480 e. The Bertz CT molecular complexity index is 1300. The van der Waals surface area contributed by atoms with Gasteiger partial charge in [0.1, 0.15) is 17.9 Å². The molecule has 0 aliphatic carbocycles. The summed E-state index contributed by atoms with van der Waals surface area (Å²) < 4.78 is 0. The maximum atomic E-state index is 13.1. The van der Waals surface area contributed by atoms with Crippen LogP contribution in [0.4, 0.5) is 0 Å². The van der Waals surface area contributed by atoms with Crippen molar-refractivity contribution in [3.8, 4) is 0 Å². The number of aliphatic hydroxyl groups excluding tert-OH is 2. The number of aliphatic hydroxyl groups is 2. The Labute approximate surface area is 288 Å². The fourth-order valence-corrected chi connectivity index (χ4v) is 5.00. The zero-order chi connectivity index (χ0) is 37.2. The van der Waals surface area contributed by atoms with Crippen LogP contribution in [0, 0.1) is 5.41 Å². The number of nitrogens with zero attached hydrogens (tertiary/aromatic N) is 4. The molecule has 2 atom stereocenters. The van der Waals surface area contributed by atoms with Gasteiger partial charge >= 0.3 is 17.9 Å². The van der Waals surface area contributed by atoms with E-state index in [9.17, 15) is 54.3 Å². The Morgan fingerprint density at radius 1 is 0.640 bits per heavy atom. The molecule has 0 spiro atoms. The van der Waals surface area contributed by atoms with Crippen LogP contribution < -0.4 is 21.7 Å². The first-order valence-corrected chi connectivity index (χ1v) is 15.8. The molecule has 1 fully saturated rings. The van der Waals surface area contributed by atoms with Crippen LogP contribution in [0.3, 0.4) is 0 Å². The average molecular weight is 710 g/mol. The molecule has 1 aliphatic heterocycles. The van der Waals surface area contributed by atoms with Crippen molar-refractivity contribution >= 4 is 41.5 Å². The van der Waals surface area contributed by atoms with Crippen LogP contribution in [-0.4, -0.2) is 190 Å². The van der Waals surface area contributed by atoms with Gasteiger partial charge in [-0.15, -0.1) is 0 Å². The van der Waals surface area contributed by atoms with E-state index in [1.54, 1.807) is 43.9 Å². The van der Waals surface area contributed by atoms with Gasteiger partial charge in [0.05, 0.1) is 39.4 Å². The number of carboxylic acids is 3. The van der Waals surface area contributed by atoms with Gasteiger partial charge in [-0.25, -0.2) is 0 Å².